The number of rotatable bonds is 4. The molecular weight excluding hydrogens is 214 g/mol. The van der Waals surface area contributed by atoms with E-state index in [-0.39, 0.29) is 0 Å². The van der Waals surface area contributed by atoms with Gasteiger partial charge in [-0.25, -0.2) is 9.59 Å². The number of hydrogen-bond acceptors (Lipinski definition) is 4. The minimum atomic E-state index is -1.37. The highest BCUT2D eigenvalue weighted by Gasteiger charge is 2.35. The summed E-state index contributed by atoms with van der Waals surface area (Å²) in [5.41, 5.74) is -2.08. The molecule has 0 bridgehead atoms. The number of nitrogens with one attached hydrogen (secondary N) is 1. The Hall–Kier alpha value is -1.30. The molecule has 0 aromatic heterocycles. The van der Waals surface area contributed by atoms with Crippen molar-refractivity contribution in [1.29, 1.82) is 1.43 Å². The Morgan fingerprint density at radius 3 is 2.12 bits per heavy atom. The molecule has 0 rings (SSSR count). The molecule has 6 heteroatoms. The first kappa shape index (κ1) is 12.8. The molecule has 0 aliphatic heterocycles. The molecule has 16 heavy (non-hydrogen) atoms. The molecule has 0 fully saturated rings. The molecule has 1 atom stereocenters. The summed E-state index contributed by atoms with van der Waals surface area (Å²) in [5.74, 6) is -1.30. The molecule has 0 aromatic carbocycles. The molecule has 0 aliphatic rings. The van der Waals surface area contributed by atoms with Gasteiger partial charge >= 0.3 is 12.1 Å². The van der Waals surface area contributed by atoms with E-state index in [1.807, 2.05) is 0 Å². The molecule has 0 radical (unpaired) electrons. The molecule has 0 saturated carbocycles. The number of carbonyl (C=O) groups excluding carboxylic acids is 1. The maximum atomic E-state index is 11.4. The van der Waals surface area contributed by atoms with Crippen LogP contribution in [0.3, 0.4) is 0 Å². The Kier molecular flexibility index (Phi) is 3.74. The largest absolute Gasteiger partial charge is 0.480 e. The molecule has 0 spiro atoms. The second kappa shape index (κ2) is 4.69. The summed E-state index contributed by atoms with van der Waals surface area (Å²) in [6.45, 7) is 7.75. The topological polar surface area (TPSA) is 95.9 Å². The van der Waals surface area contributed by atoms with Crippen LogP contribution in [0, 0.1) is 0 Å². The van der Waals surface area contributed by atoms with Crippen LogP contribution in [0.1, 0.15) is 34.6 Å². The summed E-state index contributed by atoms with van der Waals surface area (Å²) in [6.07, 6.45) is -0.866. The van der Waals surface area contributed by atoms with E-state index in [9.17, 15) is 9.59 Å². The fourth-order valence-corrected chi connectivity index (χ4v) is 0.958. The molecule has 6 nitrogen and oxygen atoms in total. The zero-order valence-corrected chi connectivity index (χ0v) is 10.2. The van der Waals surface area contributed by atoms with Crippen LogP contribution in [0.15, 0.2) is 0 Å². The molecule has 1 amide bonds. The van der Waals surface area contributed by atoms with Gasteiger partial charge < -0.3 is 20.3 Å². The second-order valence-electron chi connectivity index (χ2n) is 5.02. The number of carboxylic acid groups (broad SMARTS) is 1. The smallest absolute Gasteiger partial charge is 0.408 e. The average Bonchev–Trinajstić information content (AvgIpc) is 2.10. The predicted octanol–water partition coefficient (Wildman–Crippen LogP) is 0.735. The zero-order valence-electron chi connectivity index (χ0n) is 11.2. The Bertz CT molecular complexity index is 298. The summed E-state index contributed by atoms with van der Waals surface area (Å²) >= 11 is 0. The Morgan fingerprint density at radius 2 is 1.81 bits per heavy atom. The lowest BCUT2D eigenvalue weighted by Gasteiger charge is -2.28. The van der Waals surface area contributed by atoms with Crippen molar-refractivity contribution in [2.75, 3.05) is 0 Å². The van der Waals surface area contributed by atoms with E-state index in [0.29, 0.717) is 0 Å². The molecule has 0 heterocycles. The highest BCUT2D eigenvalue weighted by molar-refractivity contribution is 5.81. The van der Waals surface area contributed by atoms with Crippen molar-refractivity contribution in [2.45, 2.75) is 51.9 Å². The standard InChI is InChI=1S/C10H19NO5/c1-9(2,3)16-8(14)11-6(7(12)13)10(4,5)15/h6,15H,1-5H3,(H,11,14)(H,12,13)/t6-/m1/s1/i15D. The maximum absolute atomic E-state index is 11.4. The molecule has 0 unspecified atom stereocenters. The van der Waals surface area contributed by atoms with Crippen LogP contribution in [0.25, 0.3) is 0 Å². The summed E-state index contributed by atoms with van der Waals surface area (Å²) in [7, 11) is 0. The third kappa shape index (κ3) is 5.55. The van der Waals surface area contributed by atoms with E-state index in [4.69, 9.17) is 11.3 Å². The third-order valence-electron chi connectivity index (χ3n) is 1.60. The van der Waals surface area contributed by atoms with Crippen molar-refractivity contribution < 1.29 is 24.5 Å². The maximum Gasteiger partial charge on any atom is 0.408 e. The summed E-state index contributed by atoms with van der Waals surface area (Å²) < 4.78 is 11.7. The van der Waals surface area contributed by atoms with Gasteiger partial charge in [0.1, 0.15) is 5.60 Å². The molecule has 0 aromatic rings. The zero-order chi connectivity index (χ0) is 13.9. The number of aliphatic carboxylic acids is 1. The van der Waals surface area contributed by atoms with Gasteiger partial charge in [0, 0.05) is 0 Å². The number of amides is 1. The first-order chi connectivity index (χ1) is 7.49. The first-order valence-corrected chi connectivity index (χ1v) is 4.86. The van der Waals surface area contributed by atoms with Gasteiger partial charge in [-0.05, 0) is 34.6 Å². The van der Waals surface area contributed by atoms with Crippen molar-refractivity contribution in [3.05, 3.63) is 0 Å². The van der Waals surface area contributed by atoms with E-state index in [2.05, 4.69) is 10.4 Å². The lowest BCUT2D eigenvalue weighted by molar-refractivity contribution is -0.145. The highest BCUT2D eigenvalue weighted by atomic mass is 16.6. The van der Waals surface area contributed by atoms with Gasteiger partial charge in [0.2, 0.25) is 1.43 Å². The van der Waals surface area contributed by atoms with Crippen LogP contribution >= 0.6 is 0 Å². The van der Waals surface area contributed by atoms with Gasteiger partial charge in [-0.15, -0.1) is 0 Å². The third-order valence-corrected chi connectivity index (χ3v) is 1.60. The Balaban J connectivity index is 4.69. The molecule has 3 N–H and O–H groups in total. The predicted molar refractivity (Wildman–Crippen MR) is 57.1 cm³/mol. The molecule has 0 aliphatic carbocycles. The fraction of sp³-hybridized carbons (Fsp3) is 0.800. The van der Waals surface area contributed by atoms with E-state index in [1.54, 1.807) is 20.8 Å². The van der Waals surface area contributed by atoms with Gasteiger partial charge in [0.25, 0.3) is 0 Å². The number of ether oxygens (including phenoxy) is 1. The minimum absolute atomic E-state index is 0.723. The summed E-state index contributed by atoms with van der Waals surface area (Å²) in [6, 6.07) is -1.37. The van der Waals surface area contributed by atoms with Gasteiger partial charge in [0.05, 0.1) is 5.60 Å². The number of carboxylic acids is 1. The Morgan fingerprint density at radius 1 is 1.31 bits per heavy atom. The SMILES string of the molecule is [2H]OC(C)(C)[C@H](NC(=O)OC(C)(C)C)C(=O)O. The van der Waals surface area contributed by atoms with Crippen molar-refractivity contribution in [3.8, 4) is 0 Å². The van der Waals surface area contributed by atoms with E-state index < -0.39 is 29.3 Å². The number of aliphatic hydroxyl groups is 1. The van der Waals surface area contributed by atoms with Gasteiger partial charge in [-0.2, -0.15) is 0 Å². The molecular formula is C10H19NO5. The van der Waals surface area contributed by atoms with Crippen molar-refractivity contribution in [3.63, 3.8) is 0 Å². The van der Waals surface area contributed by atoms with Gasteiger partial charge in [-0.3, -0.25) is 0 Å². The normalized spacial score (nSPS) is 14.9. The van der Waals surface area contributed by atoms with Crippen molar-refractivity contribution in [1.82, 2.24) is 5.32 Å². The lowest BCUT2D eigenvalue weighted by atomic mass is 9.99. The monoisotopic (exact) mass is 234 g/mol. The van der Waals surface area contributed by atoms with Crippen LogP contribution in [0.2, 0.25) is 0 Å². The minimum Gasteiger partial charge on any atom is -0.480 e. The van der Waals surface area contributed by atoms with Gasteiger partial charge in [-0.1, -0.05) is 0 Å². The summed E-state index contributed by atoms with van der Waals surface area (Å²) in [5, 5.41) is 15.4. The van der Waals surface area contributed by atoms with Crippen LogP contribution in [0.5, 0.6) is 0 Å². The first-order valence-electron chi connectivity index (χ1n) is 5.27. The number of carbonyl (C=O) groups is 2. The van der Waals surface area contributed by atoms with Crippen molar-refractivity contribution in [2.24, 2.45) is 0 Å². The second-order valence-corrected chi connectivity index (χ2v) is 5.02. The fourth-order valence-electron chi connectivity index (χ4n) is 0.958. The number of hydrogen-bond donors (Lipinski definition) is 3. The van der Waals surface area contributed by atoms with Crippen LogP contribution in [-0.2, 0) is 9.53 Å². The lowest BCUT2D eigenvalue weighted by Crippen LogP contribution is -2.54. The molecule has 0 saturated heterocycles. The van der Waals surface area contributed by atoms with E-state index >= 15 is 0 Å². The van der Waals surface area contributed by atoms with E-state index in [1.165, 1.54) is 13.8 Å². The molecule has 94 valence electrons. The quantitative estimate of drug-likeness (QED) is 0.666. The van der Waals surface area contributed by atoms with Crippen molar-refractivity contribution >= 4 is 12.1 Å². The Labute approximate surface area is 96.1 Å². The van der Waals surface area contributed by atoms with E-state index in [0.717, 1.165) is 0 Å². The van der Waals surface area contributed by atoms with Crippen LogP contribution < -0.4 is 5.32 Å². The highest BCUT2D eigenvalue weighted by Crippen LogP contribution is 2.11. The van der Waals surface area contributed by atoms with Crippen LogP contribution in [-0.4, -0.2) is 41.0 Å². The average molecular weight is 234 g/mol. The van der Waals surface area contributed by atoms with Gasteiger partial charge in [0.15, 0.2) is 6.04 Å². The van der Waals surface area contributed by atoms with Crippen LogP contribution in [0.4, 0.5) is 4.79 Å². The summed E-state index contributed by atoms with van der Waals surface area (Å²) in [4.78, 5) is 22.4. The number of alkyl carbamates (subject to hydrolysis) is 1.